The van der Waals surface area contributed by atoms with Crippen LogP contribution in [0.3, 0.4) is 0 Å². The van der Waals surface area contributed by atoms with E-state index < -0.39 is 0 Å². The van der Waals surface area contributed by atoms with Crippen molar-refractivity contribution in [2.75, 3.05) is 11.7 Å². The van der Waals surface area contributed by atoms with Gasteiger partial charge in [0.05, 0.1) is 5.69 Å². The van der Waals surface area contributed by atoms with E-state index in [-0.39, 0.29) is 0 Å². The van der Waals surface area contributed by atoms with Crippen molar-refractivity contribution in [3.63, 3.8) is 0 Å². The number of benzene rings is 1. The van der Waals surface area contributed by atoms with E-state index >= 15 is 0 Å². The Morgan fingerprint density at radius 3 is 2.50 bits per heavy atom. The van der Waals surface area contributed by atoms with E-state index in [0.29, 0.717) is 6.04 Å². The second kappa shape index (κ2) is 3.70. The number of para-hydroxylation sites is 1. The lowest BCUT2D eigenvalue weighted by atomic mass is 10.3. The summed E-state index contributed by atoms with van der Waals surface area (Å²) in [6.07, 6.45) is 1.90. The van der Waals surface area contributed by atoms with Crippen LogP contribution in [0.15, 0.2) is 35.4 Å². The third-order valence-corrected chi connectivity index (χ3v) is 2.35. The van der Waals surface area contributed by atoms with Gasteiger partial charge >= 0.3 is 0 Å². The highest BCUT2D eigenvalue weighted by molar-refractivity contribution is 5.63. The van der Waals surface area contributed by atoms with Crippen LogP contribution in [0, 0.1) is 0 Å². The molecule has 0 amide bonds. The molecule has 1 aromatic rings. The fourth-order valence-corrected chi connectivity index (χ4v) is 1.40. The van der Waals surface area contributed by atoms with Gasteiger partial charge in [-0.15, -0.1) is 0 Å². The van der Waals surface area contributed by atoms with Crippen molar-refractivity contribution in [1.82, 2.24) is 4.90 Å². The molecule has 0 saturated carbocycles. The van der Waals surface area contributed by atoms with E-state index in [2.05, 4.69) is 36.0 Å². The Morgan fingerprint density at radius 1 is 1.21 bits per heavy atom. The van der Waals surface area contributed by atoms with Gasteiger partial charge in [0.2, 0.25) is 0 Å². The molecule has 2 rings (SSSR count). The monoisotopic (exact) mass is 189 g/mol. The highest BCUT2D eigenvalue weighted by Crippen LogP contribution is 2.17. The highest BCUT2D eigenvalue weighted by Gasteiger charge is 2.16. The number of hydrogen-bond donors (Lipinski definition) is 0. The number of rotatable bonds is 2. The Morgan fingerprint density at radius 2 is 1.93 bits per heavy atom. The van der Waals surface area contributed by atoms with Crippen LogP contribution in [0.2, 0.25) is 0 Å². The molecular formula is C11H15N3. The maximum absolute atomic E-state index is 4.34. The number of hydrogen-bond acceptors (Lipinski definition) is 3. The van der Waals surface area contributed by atoms with Gasteiger partial charge in [0.1, 0.15) is 13.0 Å². The van der Waals surface area contributed by atoms with Crippen molar-refractivity contribution < 1.29 is 0 Å². The molecule has 0 radical (unpaired) electrons. The van der Waals surface area contributed by atoms with E-state index in [9.17, 15) is 0 Å². The maximum atomic E-state index is 4.34. The number of hydrazone groups is 1. The molecule has 1 aliphatic rings. The molecule has 0 atom stereocenters. The topological polar surface area (TPSA) is 18.8 Å². The molecule has 14 heavy (non-hydrogen) atoms. The lowest BCUT2D eigenvalue weighted by Gasteiger charge is -2.21. The van der Waals surface area contributed by atoms with E-state index in [4.69, 9.17) is 0 Å². The van der Waals surface area contributed by atoms with Crippen LogP contribution in [-0.4, -0.2) is 23.9 Å². The second-order valence-corrected chi connectivity index (χ2v) is 3.72. The van der Waals surface area contributed by atoms with Gasteiger partial charge in [-0.3, -0.25) is 0 Å². The summed E-state index contributed by atoms with van der Waals surface area (Å²) in [6, 6.07) is 10.7. The Labute approximate surface area is 84.6 Å². The zero-order valence-electron chi connectivity index (χ0n) is 8.59. The molecule has 0 unspecified atom stereocenters. The number of nitrogens with zero attached hydrogens (tertiary/aromatic N) is 3. The van der Waals surface area contributed by atoms with E-state index in [0.717, 1.165) is 12.4 Å². The van der Waals surface area contributed by atoms with Crippen molar-refractivity contribution in [3.8, 4) is 0 Å². The largest absolute Gasteiger partial charge is 0.339 e. The van der Waals surface area contributed by atoms with Crippen molar-refractivity contribution >= 4 is 12.0 Å². The summed E-state index contributed by atoms with van der Waals surface area (Å²) in [5.74, 6) is 0. The van der Waals surface area contributed by atoms with E-state index in [1.807, 2.05) is 29.5 Å². The van der Waals surface area contributed by atoms with Crippen molar-refractivity contribution in [3.05, 3.63) is 30.3 Å². The molecule has 3 heteroatoms. The lowest BCUT2D eigenvalue weighted by Crippen LogP contribution is -2.31. The maximum Gasteiger partial charge on any atom is 0.113 e. The summed E-state index contributed by atoms with van der Waals surface area (Å²) in [4.78, 5) is 2.20. The standard InChI is InChI=1S/C11H15N3/c1-10(2)13-8-12-14(9-13)11-6-4-3-5-7-11/h3-8,10H,9H2,1-2H3. The predicted molar refractivity (Wildman–Crippen MR) is 59.3 cm³/mol. The Bertz CT molecular complexity index is 319. The first-order chi connectivity index (χ1) is 6.77. The first kappa shape index (κ1) is 9.06. The molecule has 1 heterocycles. The first-order valence-electron chi connectivity index (χ1n) is 4.90. The molecule has 0 fully saturated rings. The molecule has 3 nitrogen and oxygen atoms in total. The van der Waals surface area contributed by atoms with E-state index in [1.54, 1.807) is 0 Å². The van der Waals surface area contributed by atoms with Crippen LogP contribution in [-0.2, 0) is 0 Å². The lowest BCUT2D eigenvalue weighted by molar-refractivity contribution is 0.381. The molecule has 1 aliphatic heterocycles. The molecule has 1 aromatic carbocycles. The SMILES string of the molecule is CC(C)N1C=NN(c2ccccc2)C1. The van der Waals surface area contributed by atoms with Gasteiger partial charge in [-0.25, -0.2) is 5.01 Å². The average molecular weight is 189 g/mol. The minimum Gasteiger partial charge on any atom is -0.339 e. The summed E-state index contributed by atoms with van der Waals surface area (Å²) in [5.41, 5.74) is 1.15. The van der Waals surface area contributed by atoms with Crippen LogP contribution in [0.1, 0.15) is 13.8 Å². The summed E-state index contributed by atoms with van der Waals surface area (Å²) < 4.78 is 0. The van der Waals surface area contributed by atoms with Gasteiger partial charge in [-0.1, -0.05) is 18.2 Å². The fraction of sp³-hybridized carbons (Fsp3) is 0.364. The minimum atomic E-state index is 0.507. The second-order valence-electron chi connectivity index (χ2n) is 3.72. The van der Waals surface area contributed by atoms with Gasteiger partial charge in [-0.2, -0.15) is 5.10 Å². The smallest absolute Gasteiger partial charge is 0.113 e. The number of anilines is 1. The van der Waals surface area contributed by atoms with Gasteiger partial charge in [0.25, 0.3) is 0 Å². The summed E-state index contributed by atoms with van der Waals surface area (Å²) >= 11 is 0. The first-order valence-corrected chi connectivity index (χ1v) is 4.90. The zero-order valence-corrected chi connectivity index (χ0v) is 8.59. The van der Waals surface area contributed by atoms with E-state index in [1.165, 1.54) is 0 Å². The van der Waals surface area contributed by atoms with Gasteiger partial charge < -0.3 is 4.90 Å². The van der Waals surface area contributed by atoms with Crippen LogP contribution < -0.4 is 5.01 Å². The summed E-state index contributed by atoms with van der Waals surface area (Å²) in [5, 5.41) is 6.34. The molecule has 74 valence electrons. The summed E-state index contributed by atoms with van der Waals surface area (Å²) in [7, 11) is 0. The third kappa shape index (κ3) is 1.71. The van der Waals surface area contributed by atoms with Crippen LogP contribution in [0.25, 0.3) is 0 Å². The molecule has 0 aliphatic carbocycles. The molecule has 0 bridgehead atoms. The van der Waals surface area contributed by atoms with Crippen LogP contribution in [0.5, 0.6) is 0 Å². The van der Waals surface area contributed by atoms with Crippen molar-refractivity contribution in [1.29, 1.82) is 0 Å². The molecule has 0 spiro atoms. The zero-order chi connectivity index (χ0) is 9.97. The van der Waals surface area contributed by atoms with Gasteiger partial charge in [-0.05, 0) is 26.0 Å². The Balaban J connectivity index is 2.08. The normalized spacial score (nSPS) is 15.6. The van der Waals surface area contributed by atoms with Crippen molar-refractivity contribution in [2.45, 2.75) is 19.9 Å². The van der Waals surface area contributed by atoms with Gasteiger partial charge in [0.15, 0.2) is 0 Å². The molecule has 0 aromatic heterocycles. The average Bonchev–Trinajstić information content (AvgIpc) is 2.68. The molecule has 0 N–H and O–H groups in total. The van der Waals surface area contributed by atoms with Crippen molar-refractivity contribution in [2.24, 2.45) is 5.10 Å². The third-order valence-electron chi connectivity index (χ3n) is 2.35. The Hall–Kier alpha value is -1.51. The Kier molecular flexibility index (Phi) is 2.39. The van der Waals surface area contributed by atoms with Crippen LogP contribution >= 0.6 is 0 Å². The van der Waals surface area contributed by atoms with Gasteiger partial charge in [0, 0.05) is 6.04 Å². The fourth-order valence-electron chi connectivity index (χ4n) is 1.40. The predicted octanol–water partition coefficient (Wildman–Crippen LogP) is 2.12. The highest BCUT2D eigenvalue weighted by atomic mass is 15.6. The summed E-state index contributed by atoms with van der Waals surface area (Å²) in [6.45, 7) is 5.18. The van der Waals surface area contributed by atoms with Crippen LogP contribution in [0.4, 0.5) is 5.69 Å². The quantitative estimate of drug-likeness (QED) is 0.709. The molecular weight excluding hydrogens is 174 g/mol. The molecule has 0 saturated heterocycles. The minimum absolute atomic E-state index is 0.507.